The van der Waals surface area contributed by atoms with Crippen LogP contribution in [0, 0.1) is 13.8 Å². The van der Waals surface area contributed by atoms with Gasteiger partial charge in [-0.1, -0.05) is 41.6 Å². The van der Waals surface area contributed by atoms with Gasteiger partial charge in [-0.15, -0.1) is 10.2 Å². The maximum atomic E-state index is 12.2. The lowest BCUT2D eigenvalue weighted by molar-refractivity contribution is -0.113. The molecular weight excluding hydrogens is 378 g/mol. The van der Waals surface area contributed by atoms with E-state index in [0.29, 0.717) is 22.6 Å². The summed E-state index contributed by atoms with van der Waals surface area (Å²) >= 11 is 1.17. The van der Waals surface area contributed by atoms with Crippen molar-refractivity contribution in [2.75, 3.05) is 18.2 Å². The van der Waals surface area contributed by atoms with E-state index < -0.39 is 0 Å². The first-order valence-electron chi connectivity index (χ1n) is 8.63. The Balaban J connectivity index is 1.49. The molecular formula is C20H21N3O4S. The molecule has 7 nitrogen and oxygen atoms in total. The van der Waals surface area contributed by atoms with Gasteiger partial charge in [0, 0.05) is 5.69 Å². The molecule has 3 rings (SSSR count). The second-order valence-electron chi connectivity index (χ2n) is 6.06. The SMILES string of the molecule is COc1ccccc1OCc1nnc(SCC(=O)Nc2ccc(C)cc2C)o1. The quantitative estimate of drug-likeness (QED) is 0.573. The van der Waals surface area contributed by atoms with Crippen LogP contribution in [-0.2, 0) is 11.4 Å². The summed E-state index contributed by atoms with van der Waals surface area (Å²) in [5, 5.41) is 11.1. The van der Waals surface area contributed by atoms with Gasteiger partial charge in [-0.05, 0) is 37.6 Å². The number of carbonyl (C=O) groups excluding carboxylic acids is 1. The van der Waals surface area contributed by atoms with Crippen molar-refractivity contribution in [3.63, 3.8) is 0 Å². The number of aromatic nitrogens is 2. The number of thioether (sulfide) groups is 1. The van der Waals surface area contributed by atoms with E-state index >= 15 is 0 Å². The number of rotatable bonds is 8. The normalized spacial score (nSPS) is 10.5. The number of ether oxygens (including phenoxy) is 2. The van der Waals surface area contributed by atoms with Gasteiger partial charge in [-0.3, -0.25) is 4.79 Å². The first kappa shape index (κ1) is 19.8. The number of aryl methyl sites for hydroxylation is 2. The Morgan fingerprint density at radius 1 is 1.14 bits per heavy atom. The highest BCUT2D eigenvalue weighted by Gasteiger charge is 2.12. The van der Waals surface area contributed by atoms with Crippen LogP contribution in [0.5, 0.6) is 11.5 Å². The average molecular weight is 399 g/mol. The van der Waals surface area contributed by atoms with Gasteiger partial charge in [-0.2, -0.15) is 0 Å². The Hall–Kier alpha value is -3.00. The van der Waals surface area contributed by atoms with Crippen molar-refractivity contribution in [1.82, 2.24) is 10.2 Å². The standard InChI is InChI=1S/C20H21N3O4S/c1-13-8-9-15(14(2)10-13)21-18(24)12-28-20-23-22-19(27-20)11-26-17-7-5-4-6-16(17)25-3/h4-10H,11-12H2,1-3H3,(H,21,24). The number of methoxy groups -OCH3 is 1. The van der Waals surface area contributed by atoms with Gasteiger partial charge in [0.05, 0.1) is 12.9 Å². The zero-order valence-corrected chi connectivity index (χ0v) is 16.7. The molecule has 3 aromatic rings. The minimum absolute atomic E-state index is 0.114. The second kappa shape index (κ2) is 9.27. The highest BCUT2D eigenvalue weighted by atomic mass is 32.2. The van der Waals surface area contributed by atoms with Gasteiger partial charge < -0.3 is 19.2 Å². The molecule has 0 saturated heterocycles. The number of anilines is 1. The van der Waals surface area contributed by atoms with Crippen LogP contribution in [0.25, 0.3) is 0 Å². The molecule has 2 aromatic carbocycles. The third-order valence-corrected chi connectivity index (χ3v) is 4.67. The van der Waals surface area contributed by atoms with Crippen molar-refractivity contribution >= 4 is 23.4 Å². The predicted molar refractivity (Wildman–Crippen MR) is 107 cm³/mol. The molecule has 1 N–H and O–H groups in total. The molecule has 0 saturated carbocycles. The molecule has 8 heteroatoms. The summed E-state index contributed by atoms with van der Waals surface area (Å²) in [7, 11) is 1.58. The van der Waals surface area contributed by atoms with Crippen LogP contribution < -0.4 is 14.8 Å². The Morgan fingerprint density at radius 3 is 2.68 bits per heavy atom. The maximum absolute atomic E-state index is 12.2. The highest BCUT2D eigenvalue weighted by Crippen LogP contribution is 2.27. The molecule has 0 aliphatic rings. The van der Waals surface area contributed by atoms with Crippen LogP contribution in [0.15, 0.2) is 52.1 Å². The molecule has 28 heavy (non-hydrogen) atoms. The molecule has 146 valence electrons. The Labute approximate surface area is 167 Å². The molecule has 0 unspecified atom stereocenters. The van der Waals surface area contributed by atoms with E-state index in [1.54, 1.807) is 19.2 Å². The molecule has 0 aliphatic heterocycles. The smallest absolute Gasteiger partial charge is 0.277 e. The van der Waals surface area contributed by atoms with E-state index in [0.717, 1.165) is 16.8 Å². The molecule has 1 aromatic heterocycles. The molecule has 0 fully saturated rings. The molecule has 0 spiro atoms. The number of amides is 1. The van der Waals surface area contributed by atoms with Crippen molar-refractivity contribution in [1.29, 1.82) is 0 Å². The van der Waals surface area contributed by atoms with Crippen molar-refractivity contribution < 1.29 is 18.7 Å². The Kier molecular flexibility index (Phi) is 6.54. The largest absolute Gasteiger partial charge is 0.493 e. The predicted octanol–water partition coefficient (Wildman–Crippen LogP) is 4.00. The van der Waals surface area contributed by atoms with Crippen molar-refractivity contribution in [3.05, 3.63) is 59.5 Å². The van der Waals surface area contributed by atoms with Crippen molar-refractivity contribution in [3.8, 4) is 11.5 Å². The lowest BCUT2D eigenvalue weighted by Crippen LogP contribution is -2.14. The molecule has 0 bridgehead atoms. The van der Waals surface area contributed by atoms with Crippen LogP contribution >= 0.6 is 11.8 Å². The summed E-state index contributed by atoms with van der Waals surface area (Å²) in [5.74, 6) is 1.57. The fraction of sp³-hybridized carbons (Fsp3) is 0.250. The highest BCUT2D eigenvalue weighted by molar-refractivity contribution is 7.99. The van der Waals surface area contributed by atoms with E-state index in [4.69, 9.17) is 13.9 Å². The number of hydrogen-bond donors (Lipinski definition) is 1. The summed E-state index contributed by atoms with van der Waals surface area (Å²) in [6.07, 6.45) is 0. The van der Waals surface area contributed by atoms with Crippen LogP contribution in [0.3, 0.4) is 0 Å². The fourth-order valence-corrected chi connectivity index (χ4v) is 3.08. The molecule has 1 heterocycles. The first-order valence-corrected chi connectivity index (χ1v) is 9.62. The topological polar surface area (TPSA) is 86.5 Å². The number of carbonyl (C=O) groups is 1. The van der Waals surface area contributed by atoms with E-state index in [9.17, 15) is 4.79 Å². The summed E-state index contributed by atoms with van der Waals surface area (Å²) in [6, 6.07) is 13.2. The summed E-state index contributed by atoms with van der Waals surface area (Å²) < 4.78 is 16.4. The van der Waals surface area contributed by atoms with Crippen LogP contribution in [0.4, 0.5) is 5.69 Å². The monoisotopic (exact) mass is 399 g/mol. The lowest BCUT2D eigenvalue weighted by Gasteiger charge is -2.08. The van der Waals surface area contributed by atoms with E-state index in [1.165, 1.54) is 11.8 Å². The zero-order valence-electron chi connectivity index (χ0n) is 15.9. The van der Waals surface area contributed by atoms with Crippen LogP contribution in [0.1, 0.15) is 17.0 Å². The van der Waals surface area contributed by atoms with Gasteiger partial charge in [0.2, 0.25) is 5.91 Å². The molecule has 0 atom stereocenters. The molecule has 0 aliphatic carbocycles. The minimum atomic E-state index is -0.137. The van der Waals surface area contributed by atoms with Crippen molar-refractivity contribution in [2.24, 2.45) is 0 Å². The molecule has 0 radical (unpaired) electrons. The van der Waals surface area contributed by atoms with Gasteiger partial charge in [0.25, 0.3) is 11.1 Å². The maximum Gasteiger partial charge on any atom is 0.277 e. The second-order valence-corrected chi connectivity index (χ2v) is 6.98. The van der Waals surface area contributed by atoms with Gasteiger partial charge in [0.1, 0.15) is 0 Å². The fourth-order valence-electron chi connectivity index (χ4n) is 2.50. The van der Waals surface area contributed by atoms with Crippen LogP contribution in [0.2, 0.25) is 0 Å². The number of nitrogens with one attached hydrogen (secondary N) is 1. The van der Waals surface area contributed by atoms with Crippen LogP contribution in [-0.4, -0.2) is 29.0 Å². The third-order valence-electron chi connectivity index (χ3n) is 3.85. The number of para-hydroxylation sites is 2. The van der Waals surface area contributed by atoms with Crippen molar-refractivity contribution in [2.45, 2.75) is 25.7 Å². The van der Waals surface area contributed by atoms with Gasteiger partial charge in [-0.25, -0.2) is 0 Å². The summed E-state index contributed by atoms with van der Waals surface area (Å²) in [4.78, 5) is 12.2. The van der Waals surface area contributed by atoms with Gasteiger partial charge in [0.15, 0.2) is 18.1 Å². The number of benzene rings is 2. The Morgan fingerprint density at radius 2 is 1.93 bits per heavy atom. The van der Waals surface area contributed by atoms with Gasteiger partial charge >= 0.3 is 0 Å². The van der Waals surface area contributed by atoms with E-state index in [-0.39, 0.29) is 18.3 Å². The minimum Gasteiger partial charge on any atom is -0.493 e. The first-order chi connectivity index (χ1) is 13.5. The average Bonchev–Trinajstić information content (AvgIpc) is 3.15. The van der Waals surface area contributed by atoms with E-state index in [2.05, 4.69) is 15.5 Å². The molecule has 1 amide bonds. The lowest BCUT2D eigenvalue weighted by atomic mass is 10.1. The number of nitrogens with zero attached hydrogens (tertiary/aromatic N) is 2. The summed E-state index contributed by atoms with van der Waals surface area (Å²) in [5.41, 5.74) is 2.97. The van der Waals surface area contributed by atoms with E-state index in [1.807, 2.05) is 44.2 Å². The zero-order chi connectivity index (χ0) is 19.9. The number of hydrogen-bond acceptors (Lipinski definition) is 7. The Bertz CT molecular complexity index is 958. The third kappa shape index (κ3) is 5.26. The summed E-state index contributed by atoms with van der Waals surface area (Å²) in [6.45, 7) is 4.09.